The number of para-hydroxylation sites is 1. The number of carbonyl (C=O) groups excluding carboxylic acids is 1. The van der Waals surface area contributed by atoms with Gasteiger partial charge in [0.2, 0.25) is 5.82 Å². The zero-order valence-corrected chi connectivity index (χ0v) is 15.2. The van der Waals surface area contributed by atoms with Gasteiger partial charge in [0.25, 0.3) is 11.7 Å². The van der Waals surface area contributed by atoms with Gasteiger partial charge in [-0.1, -0.05) is 45.9 Å². The summed E-state index contributed by atoms with van der Waals surface area (Å²) in [6, 6.07) is 7.97. The van der Waals surface area contributed by atoms with E-state index in [1.807, 2.05) is 19.1 Å². The number of aromatic nitrogens is 4. The fourth-order valence-corrected chi connectivity index (χ4v) is 2.87. The van der Waals surface area contributed by atoms with E-state index in [1.165, 1.54) is 0 Å². The molecule has 6 heteroatoms. The van der Waals surface area contributed by atoms with Gasteiger partial charge in [0.15, 0.2) is 0 Å². The summed E-state index contributed by atoms with van der Waals surface area (Å²) in [5, 5.41) is 7.32. The lowest BCUT2D eigenvalue weighted by Crippen LogP contribution is -2.17. The Morgan fingerprint density at radius 1 is 1.08 bits per heavy atom. The van der Waals surface area contributed by atoms with Crippen LogP contribution in [0.4, 0.5) is 5.69 Å². The third-order valence-electron chi connectivity index (χ3n) is 4.24. The number of aryl methyl sites for hydroxylation is 1. The van der Waals surface area contributed by atoms with E-state index in [0.29, 0.717) is 17.6 Å². The average molecular weight is 337 g/mol. The van der Waals surface area contributed by atoms with E-state index in [9.17, 15) is 4.79 Å². The molecule has 0 aliphatic rings. The molecule has 2 heterocycles. The second-order valence-corrected chi connectivity index (χ2v) is 6.81. The summed E-state index contributed by atoms with van der Waals surface area (Å²) in [6.07, 6.45) is 1.66. The van der Waals surface area contributed by atoms with Crippen LogP contribution < -0.4 is 5.32 Å². The van der Waals surface area contributed by atoms with Crippen LogP contribution in [0.25, 0.3) is 5.78 Å². The van der Waals surface area contributed by atoms with Crippen molar-refractivity contribution in [3.05, 3.63) is 53.1 Å². The van der Waals surface area contributed by atoms with Crippen molar-refractivity contribution in [2.45, 2.75) is 46.5 Å². The molecule has 0 radical (unpaired) electrons. The number of amides is 1. The summed E-state index contributed by atoms with van der Waals surface area (Å²) in [5.74, 6) is 0.820. The van der Waals surface area contributed by atoms with E-state index in [1.54, 1.807) is 10.7 Å². The molecule has 6 nitrogen and oxygen atoms in total. The number of fused-ring (bicyclic) bond motifs is 1. The molecular weight excluding hydrogens is 314 g/mol. The number of carbonyl (C=O) groups is 1. The lowest BCUT2D eigenvalue weighted by Gasteiger charge is -2.19. The molecule has 3 aromatic rings. The summed E-state index contributed by atoms with van der Waals surface area (Å²) >= 11 is 0. The number of hydrogen-bond acceptors (Lipinski definition) is 4. The van der Waals surface area contributed by atoms with Gasteiger partial charge in [-0.25, -0.2) is 9.50 Å². The molecule has 1 N–H and O–H groups in total. The van der Waals surface area contributed by atoms with Crippen LogP contribution in [0, 0.1) is 6.92 Å². The highest BCUT2D eigenvalue weighted by molar-refractivity contribution is 6.02. The fraction of sp³-hybridized carbons (Fsp3) is 0.368. The molecule has 1 amide bonds. The minimum absolute atomic E-state index is 0.120. The van der Waals surface area contributed by atoms with Gasteiger partial charge >= 0.3 is 0 Å². The molecular formula is C19H23N5O. The molecule has 0 atom stereocenters. The molecule has 0 aliphatic carbocycles. The molecule has 0 spiro atoms. The SMILES string of the molecule is Cc1ccnc2nc(C(=O)Nc3c(C(C)C)cccc3C(C)C)nn12. The third kappa shape index (κ3) is 3.24. The molecule has 0 unspecified atom stereocenters. The highest BCUT2D eigenvalue weighted by Crippen LogP contribution is 2.32. The van der Waals surface area contributed by atoms with Gasteiger partial charge in [0.1, 0.15) is 0 Å². The Hall–Kier alpha value is -2.76. The standard InChI is InChI=1S/C19H23N5O/c1-11(2)14-7-6-8-15(12(3)4)16(14)21-18(25)17-22-19-20-10-9-13(5)24(19)23-17/h6-12H,1-5H3,(H,21,25). The Morgan fingerprint density at radius 3 is 2.28 bits per heavy atom. The number of hydrogen-bond donors (Lipinski definition) is 1. The summed E-state index contributed by atoms with van der Waals surface area (Å²) < 4.78 is 1.58. The molecule has 1 aromatic carbocycles. The topological polar surface area (TPSA) is 72.2 Å². The molecule has 0 saturated carbocycles. The van der Waals surface area contributed by atoms with E-state index in [-0.39, 0.29) is 11.7 Å². The molecule has 2 aromatic heterocycles. The lowest BCUT2D eigenvalue weighted by molar-refractivity contribution is 0.101. The molecule has 130 valence electrons. The van der Waals surface area contributed by atoms with Gasteiger partial charge in [-0.3, -0.25) is 4.79 Å². The van der Waals surface area contributed by atoms with Gasteiger partial charge < -0.3 is 5.32 Å². The van der Waals surface area contributed by atoms with Crippen LogP contribution in [0.5, 0.6) is 0 Å². The summed E-state index contributed by atoms with van der Waals surface area (Å²) in [5.41, 5.74) is 3.96. The van der Waals surface area contributed by atoms with E-state index >= 15 is 0 Å². The minimum atomic E-state index is -0.320. The molecule has 0 bridgehead atoms. The predicted octanol–water partition coefficient (Wildman–Crippen LogP) is 3.93. The van der Waals surface area contributed by atoms with Gasteiger partial charge in [-0.05, 0) is 36.0 Å². The molecule has 25 heavy (non-hydrogen) atoms. The minimum Gasteiger partial charge on any atom is -0.319 e. The van der Waals surface area contributed by atoms with Crippen molar-refractivity contribution in [3.8, 4) is 0 Å². The Morgan fingerprint density at radius 2 is 1.72 bits per heavy atom. The van der Waals surface area contributed by atoms with Crippen LogP contribution in [-0.2, 0) is 0 Å². The van der Waals surface area contributed by atoms with E-state index < -0.39 is 0 Å². The van der Waals surface area contributed by atoms with E-state index in [0.717, 1.165) is 22.5 Å². The van der Waals surface area contributed by atoms with Crippen LogP contribution in [0.1, 0.15) is 67.0 Å². The largest absolute Gasteiger partial charge is 0.319 e. The first kappa shape index (κ1) is 17.1. The van der Waals surface area contributed by atoms with Crippen molar-refractivity contribution >= 4 is 17.4 Å². The monoisotopic (exact) mass is 337 g/mol. The molecule has 0 fully saturated rings. The first-order valence-electron chi connectivity index (χ1n) is 8.51. The van der Waals surface area contributed by atoms with Crippen LogP contribution in [0.3, 0.4) is 0 Å². The second kappa shape index (κ2) is 6.63. The van der Waals surface area contributed by atoms with Crippen molar-refractivity contribution in [2.24, 2.45) is 0 Å². The maximum atomic E-state index is 12.8. The van der Waals surface area contributed by atoms with Crippen molar-refractivity contribution < 1.29 is 4.79 Å². The molecule has 0 saturated heterocycles. The number of nitrogens with one attached hydrogen (secondary N) is 1. The van der Waals surface area contributed by atoms with Gasteiger partial charge in [-0.15, -0.1) is 5.10 Å². The fourth-order valence-electron chi connectivity index (χ4n) is 2.87. The normalized spacial score (nSPS) is 11.5. The average Bonchev–Trinajstić information content (AvgIpc) is 3.00. The Bertz CT molecular complexity index is 900. The smallest absolute Gasteiger partial charge is 0.295 e. The zero-order valence-electron chi connectivity index (χ0n) is 15.2. The lowest BCUT2D eigenvalue weighted by atomic mass is 9.92. The highest BCUT2D eigenvalue weighted by Gasteiger charge is 2.20. The Kier molecular flexibility index (Phi) is 4.53. The van der Waals surface area contributed by atoms with Crippen molar-refractivity contribution in [1.29, 1.82) is 0 Å². The zero-order chi connectivity index (χ0) is 18.1. The quantitative estimate of drug-likeness (QED) is 0.783. The number of nitrogens with zero attached hydrogens (tertiary/aromatic N) is 4. The van der Waals surface area contributed by atoms with E-state index in [2.05, 4.69) is 60.2 Å². The first-order chi connectivity index (χ1) is 11.9. The van der Waals surface area contributed by atoms with Crippen molar-refractivity contribution in [3.63, 3.8) is 0 Å². The summed E-state index contributed by atoms with van der Waals surface area (Å²) in [6.45, 7) is 10.4. The number of anilines is 1. The number of rotatable bonds is 4. The van der Waals surface area contributed by atoms with Gasteiger partial charge in [0.05, 0.1) is 0 Å². The maximum Gasteiger partial charge on any atom is 0.295 e. The Labute approximate surface area is 147 Å². The van der Waals surface area contributed by atoms with Gasteiger partial charge in [0, 0.05) is 17.6 Å². The van der Waals surface area contributed by atoms with Crippen molar-refractivity contribution in [1.82, 2.24) is 19.6 Å². The molecule has 3 rings (SSSR count). The molecule has 0 aliphatic heterocycles. The first-order valence-corrected chi connectivity index (χ1v) is 8.51. The van der Waals surface area contributed by atoms with Crippen LogP contribution >= 0.6 is 0 Å². The second-order valence-electron chi connectivity index (χ2n) is 6.81. The van der Waals surface area contributed by atoms with Crippen molar-refractivity contribution in [2.75, 3.05) is 5.32 Å². The third-order valence-corrected chi connectivity index (χ3v) is 4.24. The van der Waals surface area contributed by atoms with E-state index in [4.69, 9.17) is 0 Å². The maximum absolute atomic E-state index is 12.8. The van der Waals surface area contributed by atoms with Crippen LogP contribution in [0.15, 0.2) is 30.5 Å². The Balaban J connectivity index is 2.01. The summed E-state index contributed by atoms with van der Waals surface area (Å²) in [7, 11) is 0. The summed E-state index contributed by atoms with van der Waals surface area (Å²) in [4.78, 5) is 21.2. The number of benzene rings is 1. The van der Waals surface area contributed by atoms with Crippen LogP contribution in [0.2, 0.25) is 0 Å². The van der Waals surface area contributed by atoms with Crippen LogP contribution in [-0.4, -0.2) is 25.5 Å². The van der Waals surface area contributed by atoms with Gasteiger partial charge in [-0.2, -0.15) is 4.98 Å². The predicted molar refractivity (Wildman–Crippen MR) is 98.1 cm³/mol. The highest BCUT2D eigenvalue weighted by atomic mass is 16.2.